The molecule has 1 atom stereocenters. The predicted octanol–water partition coefficient (Wildman–Crippen LogP) is 2.07. The van der Waals surface area contributed by atoms with Gasteiger partial charge in [-0.3, -0.25) is 9.69 Å². The van der Waals surface area contributed by atoms with Crippen molar-refractivity contribution in [3.8, 4) is 11.5 Å². The molecule has 114 valence electrons. The van der Waals surface area contributed by atoms with E-state index in [1.54, 1.807) is 0 Å². The normalized spacial score (nSPS) is 14.1. The fourth-order valence-electron chi connectivity index (χ4n) is 2.69. The Labute approximate surface area is 129 Å². The third kappa shape index (κ3) is 2.89. The lowest BCUT2D eigenvalue weighted by molar-refractivity contribution is -0.123. The fraction of sp³-hybridized carbons (Fsp3) is 0.235. The molecule has 2 aromatic rings. The van der Waals surface area contributed by atoms with Gasteiger partial charge >= 0.3 is 0 Å². The van der Waals surface area contributed by atoms with Crippen molar-refractivity contribution in [2.24, 2.45) is 5.73 Å². The number of nitrogens with two attached hydrogens (primary N) is 1. The third-order valence-corrected chi connectivity index (χ3v) is 3.69. The summed E-state index contributed by atoms with van der Waals surface area (Å²) in [6.07, 6.45) is 0. The Balaban J connectivity index is 1.80. The molecule has 0 saturated heterocycles. The molecular weight excluding hydrogens is 280 g/mol. The first-order valence-electron chi connectivity index (χ1n) is 7.08. The van der Waals surface area contributed by atoms with Gasteiger partial charge in [-0.15, -0.1) is 0 Å². The largest absolute Gasteiger partial charge is 0.454 e. The van der Waals surface area contributed by atoms with Gasteiger partial charge < -0.3 is 15.2 Å². The van der Waals surface area contributed by atoms with Crippen LogP contribution in [0, 0.1) is 0 Å². The first-order valence-corrected chi connectivity index (χ1v) is 7.08. The second-order valence-electron chi connectivity index (χ2n) is 5.32. The van der Waals surface area contributed by atoms with Gasteiger partial charge in [-0.1, -0.05) is 36.4 Å². The Kier molecular flexibility index (Phi) is 3.98. The molecular formula is C17H18N2O3. The molecule has 1 aliphatic rings. The zero-order valence-corrected chi connectivity index (χ0v) is 12.4. The molecule has 0 aliphatic carbocycles. The van der Waals surface area contributed by atoms with E-state index in [9.17, 15) is 4.79 Å². The molecule has 0 unspecified atom stereocenters. The minimum absolute atomic E-state index is 0.253. The molecule has 1 amide bonds. The molecule has 22 heavy (non-hydrogen) atoms. The van der Waals surface area contributed by atoms with Gasteiger partial charge in [0.1, 0.15) is 6.04 Å². The SMILES string of the molecule is CN(Cc1ccc2c(c1)OCO2)[C@@H](C(N)=O)c1ccccc1. The van der Waals surface area contributed by atoms with Gasteiger partial charge in [-0.2, -0.15) is 0 Å². The van der Waals surface area contributed by atoms with E-state index in [0.717, 1.165) is 22.6 Å². The van der Waals surface area contributed by atoms with Crippen molar-refractivity contribution in [2.45, 2.75) is 12.6 Å². The second kappa shape index (κ2) is 6.07. The van der Waals surface area contributed by atoms with E-state index in [1.165, 1.54) is 0 Å². The molecule has 0 aromatic heterocycles. The van der Waals surface area contributed by atoms with Crippen molar-refractivity contribution in [1.29, 1.82) is 0 Å². The summed E-state index contributed by atoms with van der Waals surface area (Å²) < 4.78 is 10.7. The maximum Gasteiger partial charge on any atom is 0.239 e. The minimum atomic E-state index is -0.466. The van der Waals surface area contributed by atoms with Crippen molar-refractivity contribution in [3.05, 3.63) is 59.7 Å². The van der Waals surface area contributed by atoms with Gasteiger partial charge in [0.25, 0.3) is 0 Å². The molecule has 1 aliphatic heterocycles. The van der Waals surface area contributed by atoms with Crippen LogP contribution in [-0.2, 0) is 11.3 Å². The van der Waals surface area contributed by atoms with Crippen molar-refractivity contribution in [3.63, 3.8) is 0 Å². The van der Waals surface area contributed by atoms with Crippen LogP contribution in [0.5, 0.6) is 11.5 Å². The highest BCUT2D eigenvalue weighted by Gasteiger charge is 2.23. The van der Waals surface area contributed by atoms with E-state index in [1.807, 2.05) is 60.5 Å². The van der Waals surface area contributed by atoms with Crippen LogP contribution in [0.4, 0.5) is 0 Å². The lowest BCUT2D eigenvalue weighted by Gasteiger charge is -2.26. The number of carbonyl (C=O) groups excluding carboxylic acids is 1. The summed E-state index contributed by atoms with van der Waals surface area (Å²) in [4.78, 5) is 13.8. The van der Waals surface area contributed by atoms with Gasteiger partial charge in [0.2, 0.25) is 12.7 Å². The monoisotopic (exact) mass is 298 g/mol. The van der Waals surface area contributed by atoms with E-state index in [4.69, 9.17) is 15.2 Å². The summed E-state index contributed by atoms with van der Waals surface area (Å²) in [5, 5.41) is 0. The molecule has 5 nitrogen and oxygen atoms in total. The van der Waals surface area contributed by atoms with Crippen molar-refractivity contribution in [2.75, 3.05) is 13.8 Å². The van der Waals surface area contributed by atoms with Crippen molar-refractivity contribution >= 4 is 5.91 Å². The first-order chi connectivity index (χ1) is 10.6. The lowest BCUT2D eigenvalue weighted by Crippen LogP contribution is -2.34. The highest BCUT2D eigenvalue weighted by molar-refractivity contribution is 5.81. The number of ether oxygens (including phenoxy) is 2. The number of hydrogen-bond donors (Lipinski definition) is 1. The molecule has 0 fully saturated rings. The summed E-state index contributed by atoms with van der Waals surface area (Å²) in [5.74, 6) is 1.12. The molecule has 1 heterocycles. The Morgan fingerprint density at radius 3 is 2.64 bits per heavy atom. The van der Waals surface area contributed by atoms with Crippen LogP contribution < -0.4 is 15.2 Å². The number of hydrogen-bond acceptors (Lipinski definition) is 4. The van der Waals surface area contributed by atoms with Crippen LogP contribution in [0.15, 0.2) is 48.5 Å². The van der Waals surface area contributed by atoms with E-state index in [-0.39, 0.29) is 12.7 Å². The highest BCUT2D eigenvalue weighted by atomic mass is 16.7. The predicted molar refractivity (Wildman–Crippen MR) is 82.4 cm³/mol. The number of carbonyl (C=O) groups is 1. The summed E-state index contributed by atoms with van der Waals surface area (Å²) in [7, 11) is 1.88. The first kappa shape index (κ1) is 14.4. The quantitative estimate of drug-likeness (QED) is 0.918. The van der Waals surface area contributed by atoms with Gasteiger partial charge in [0.15, 0.2) is 11.5 Å². The Morgan fingerprint density at radius 2 is 1.91 bits per heavy atom. The average Bonchev–Trinajstić information content (AvgIpc) is 2.95. The molecule has 3 rings (SSSR count). The van der Waals surface area contributed by atoms with Crippen molar-refractivity contribution in [1.82, 2.24) is 4.90 Å². The van der Waals surface area contributed by atoms with Gasteiger partial charge in [-0.25, -0.2) is 0 Å². The Hall–Kier alpha value is -2.53. The Morgan fingerprint density at radius 1 is 1.18 bits per heavy atom. The molecule has 0 radical (unpaired) electrons. The number of fused-ring (bicyclic) bond motifs is 1. The van der Waals surface area contributed by atoms with Gasteiger partial charge in [0.05, 0.1) is 0 Å². The zero-order chi connectivity index (χ0) is 15.5. The fourth-order valence-corrected chi connectivity index (χ4v) is 2.69. The topological polar surface area (TPSA) is 64.8 Å². The number of benzene rings is 2. The summed E-state index contributed by atoms with van der Waals surface area (Å²) >= 11 is 0. The van der Waals surface area contributed by atoms with E-state index < -0.39 is 6.04 Å². The standard InChI is InChI=1S/C17H18N2O3/c1-19(16(17(18)20)13-5-3-2-4-6-13)10-12-7-8-14-15(9-12)22-11-21-14/h2-9,16H,10-11H2,1H3,(H2,18,20)/t16-/m1/s1. The molecule has 0 bridgehead atoms. The molecule has 0 spiro atoms. The van der Waals surface area contributed by atoms with E-state index >= 15 is 0 Å². The van der Waals surface area contributed by atoms with E-state index in [0.29, 0.717) is 6.54 Å². The highest BCUT2D eigenvalue weighted by Crippen LogP contribution is 2.33. The number of rotatable bonds is 5. The van der Waals surface area contributed by atoms with Crippen LogP contribution >= 0.6 is 0 Å². The number of amides is 1. The number of primary amides is 1. The van der Waals surface area contributed by atoms with Crippen LogP contribution in [0.3, 0.4) is 0 Å². The zero-order valence-electron chi connectivity index (χ0n) is 12.4. The molecule has 2 aromatic carbocycles. The molecule has 2 N–H and O–H groups in total. The summed E-state index contributed by atoms with van der Waals surface area (Å²) in [6, 6.07) is 14.9. The van der Waals surface area contributed by atoms with Crippen LogP contribution in [0.2, 0.25) is 0 Å². The number of nitrogens with zero attached hydrogens (tertiary/aromatic N) is 1. The molecule has 5 heteroatoms. The maximum atomic E-state index is 11.9. The average molecular weight is 298 g/mol. The van der Waals surface area contributed by atoms with Crippen LogP contribution in [0.25, 0.3) is 0 Å². The lowest BCUT2D eigenvalue weighted by atomic mass is 10.0. The smallest absolute Gasteiger partial charge is 0.239 e. The third-order valence-electron chi connectivity index (χ3n) is 3.69. The Bertz CT molecular complexity index is 673. The van der Waals surface area contributed by atoms with E-state index in [2.05, 4.69) is 0 Å². The second-order valence-corrected chi connectivity index (χ2v) is 5.32. The summed E-state index contributed by atoms with van der Waals surface area (Å²) in [5.41, 5.74) is 7.51. The summed E-state index contributed by atoms with van der Waals surface area (Å²) in [6.45, 7) is 0.835. The van der Waals surface area contributed by atoms with Gasteiger partial charge in [0, 0.05) is 6.54 Å². The van der Waals surface area contributed by atoms with Crippen molar-refractivity contribution < 1.29 is 14.3 Å². The minimum Gasteiger partial charge on any atom is -0.454 e. The van der Waals surface area contributed by atoms with Gasteiger partial charge in [-0.05, 0) is 30.3 Å². The van der Waals surface area contributed by atoms with Crippen LogP contribution in [0.1, 0.15) is 17.2 Å². The number of likely N-dealkylation sites (N-methyl/N-ethyl adjacent to an activating group) is 1. The maximum absolute atomic E-state index is 11.9. The molecule has 0 saturated carbocycles. The van der Waals surface area contributed by atoms with Crippen LogP contribution in [-0.4, -0.2) is 24.6 Å².